The van der Waals surface area contributed by atoms with Gasteiger partial charge in [-0.1, -0.05) is 29.8 Å². The zero-order valence-electron chi connectivity index (χ0n) is 9.29. The Bertz CT molecular complexity index is 229. The molecule has 0 aliphatic carbocycles. The van der Waals surface area contributed by atoms with E-state index in [1.165, 1.54) is 0 Å². The Balaban J connectivity index is 2.58. The first-order valence-electron chi connectivity index (χ1n) is 5.01. The van der Waals surface area contributed by atoms with Crippen LogP contribution in [0.25, 0.3) is 0 Å². The summed E-state index contributed by atoms with van der Waals surface area (Å²) in [7, 11) is 0. The molecule has 1 rings (SSSR count). The second kappa shape index (κ2) is 5.27. The van der Waals surface area contributed by atoms with Gasteiger partial charge in [-0.05, 0) is 6.92 Å². The van der Waals surface area contributed by atoms with Gasteiger partial charge in [-0.15, -0.1) is 0 Å². The minimum Gasteiger partial charge on any atom is -0.463 e. The van der Waals surface area contributed by atoms with Crippen molar-refractivity contribution in [1.82, 2.24) is 0 Å². The molecule has 4 nitrogen and oxygen atoms in total. The predicted molar refractivity (Wildman–Crippen MR) is 58.8 cm³/mol. The van der Waals surface area contributed by atoms with E-state index in [0.717, 1.165) is 0 Å². The Morgan fingerprint density at radius 1 is 1.67 bits per heavy atom. The van der Waals surface area contributed by atoms with Gasteiger partial charge in [-0.2, -0.15) is 0 Å². The quantitative estimate of drug-likeness (QED) is 0.437. The second-order valence-corrected chi connectivity index (χ2v) is 4.80. The van der Waals surface area contributed by atoms with Crippen LogP contribution in [-0.4, -0.2) is 36.9 Å². The highest BCUT2D eigenvalue weighted by Crippen LogP contribution is 2.32. The van der Waals surface area contributed by atoms with E-state index in [1.807, 2.05) is 20.8 Å². The van der Waals surface area contributed by atoms with Gasteiger partial charge in [0.25, 0.3) is 0 Å². The number of hydrogen-bond acceptors (Lipinski definition) is 4. The standard InChI is InChI=1S/C10H17BrO4/c1-4-13-7(5-11)15-8-9(12)14-6-10(8,2)3/h7-8H,4-6H2,1-3H3. The van der Waals surface area contributed by atoms with Crippen LogP contribution in [0, 0.1) is 5.41 Å². The highest BCUT2D eigenvalue weighted by Gasteiger charge is 2.45. The summed E-state index contributed by atoms with van der Waals surface area (Å²) in [5.74, 6) is -0.300. The predicted octanol–water partition coefficient (Wildman–Crippen LogP) is 1.71. The molecule has 1 aliphatic heterocycles. The third-order valence-corrected chi connectivity index (χ3v) is 2.81. The van der Waals surface area contributed by atoms with Gasteiger partial charge in [-0.3, -0.25) is 0 Å². The van der Waals surface area contributed by atoms with Crippen molar-refractivity contribution in [2.45, 2.75) is 33.2 Å². The van der Waals surface area contributed by atoms with Crippen LogP contribution in [0.4, 0.5) is 0 Å². The highest BCUT2D eigenvalue weighted by atomic mass is 79.9. The topological polar surface area (TPSA) is 44.8 Å². The summed E-state index contributed by atoms with van der Waals surface area (Å²) in [5.41, 5.74) is -0.283. The summed E-state index contributed by atoms with van der Waals surface area (Å²) in [6.45, 7) is 6.73. The van der Waals surface area contributed by atoms with E-state index >= 15 is 0 Å². The van der Waals surface area contributed by atoms with Crippen molar-refractivity contribution >= 4 is 21.9 Å². The van der Waals surface area contributed by atoms with Gasteiger partial charge in [0.15, 0.2) is 12.4 Å². The average Bonchev–Trinajstić information content (AvgIpc) is 2.43. The Morgan fingerprint density at radius 3 is 2.73 bits per heavy atom. The number of cyclic esters (lactones) is 1. The van der Waals surface area contributed by atoms with Gasteiger partial charge in [-0.25, -0.2) is 4.79 Å². The molecule has 0 bridgehead atoms. The summed E-state index contributed by atoms with van der Waals surface area (Å²) >= 11 is 3.28. The van der Waals surface area contributed by atoms with Crippen LogP contribution >= 0.6 is 15.9 Å². The van der Waals surface area contributed by atoms with Crippen LogP contribution in [0.3, 0.4) is 0 Å². The first-order chi connectivity index (χ1) is 7.01. The van der Waals surface area contributed by atoms with Crippen molar-refractivity contribution in [3.63, 3.8) is 0 Å². The Kier molecular flexibility index (Phi) is 4.55. The van der Waals surface area contributed by atoms with Crippen molar-refractivity contribution in [1.29, 1.82) is 0 Å². The van der Waals surface area contributed by atoms with Crippen molar-refractivity contribution in [3.8, 4) is 0 Å². The molecule has 1 saturated heterocycles. The van der Waals surface area contributed by atoms with Crippen LogP contribution in [0.1, 0.15) is 20.8 Å². The van der Waals surface area contributed by atoms with Gasteiger partial charge >= 0.3 is 5.97 Å². The molecule has 0 aromatic carbocycles. The molecule has 0 aromatic rings. The van der Waals surface area contributed by atoms with E-state index in [-0.39, 0.29) is 11.4 Å². The highest BCUT2D eigenvalue weighted by molar-refractivity contribution is 9.09. The molecule has 5 heteroatoms. The fourth-order valence-electron chi connectivity index (χ4n) is 1.43. The molecular weight excluding hydrogens is 264 g/mol. The molecule has 1 aliphatic rings. The fraction of sp³-hybridized carbons (Fsp3) is 0.900. The minimum atomic E-state index is -0.536. The molecule has 0 saturated carbocycles. The van der Waals surface area contributed by atoms with Crippen molar-refractivity contribution in [2.75, 3.05) is 18.5 Å². The maximum Gasteiger partial charge on any atom is 0.336 e. The molecule has 1 fully saturated rings. The summed E-state index contributed by atoms with van der Waals surface area (Å²) < 4.78 is 15.9. The third-order valence-electron chi connectivity index (χ3n) is 2.28. The molecule has 15 heavy (non-hydrogen) atoms. The Morgan fingerprint density at radius 2 is 2.33 bits per heavy atom. The minimum absolute atomic E-state index is 0.283. The maximum atomic E-state index is 11.4. The number of alkyl halides is 1. The molecule has 1 heterocycles. The molecule has 0 amide bonds. The molecule has 2 unspecified atom stereocenters. The van der Waals surface area contributed by atoms with Crippen molar-refractivity contribution in [3.05, 3.63) is 0 Å². The number of hydrogen-bond donors (Lipinski definition) is 0. The molecule has 0 spiro atoms. The largest absolute Gasteiger partial charge is 0.463 e. The maximum absolute atomic E-state index is 11.4. The van der Waals surface area contributed by atoms with E-state index < -0.39 is 12.4 Å². The van der Waals surface area contributed by atoms with Crippen LogP contribution in [-0.2, 0) is 19.0 Å². The average molecular weight is 281 g/mol. The molecular formula is C10H17BrO4. The van der Waals surface area contributed by atoms with Crippen LogP contribution in [0.2, 0.25) is 0 Å². The van der Waals surface area contributed by atoms with Crippen molar-refractivity contribution < 1.29 is 19.0 Å². The fourth-order valence-corrected chi connectivity index (χ4v) is 1.76. The molecule has 0 aromatic heterocycles. The lowest BCUT2D eigenvalue weighted by molar-refractivity contribution is -0.182. The van der Waals surface area contributed by atoms with E-state index in [9.17, 15) is 4.79 Å². The van der Waals surface area contributed by atoms with Crippen LogP contribution in [0.5, 0.6) is 0 Å². The third kappa shape index (κ3) is 3.16. The Labute approximate surface area is 98.4 Å². The smallest absolute Gasteiger partial charge is 0.336 e. The lowest BCUT2D eigenvalue weighted by Crippen LogP contribution is -2.37. The summed E-state index contributed by atoms with van der Waals surface area (Å²) in [6, 6.07) is 0. The van der Waals surface area contributed by atoms with Crippen molar-refractivity contribution in [2.24, 2.45) is 5.41 Å². The van der Waals surface area contributed by atoms with Crippen LogP contribution in [0.15, 0.2) is 0 Å². The normalized spacial score (nSPS) is 26.4. The first-order valence-corrected chi connectivity index (χ1v) is 6.13. The van der Waals surface area contributed by atoms with E-state index in [1.54, 1.807) is 0 Å². The number of halogens is 1. The number of esters is 1. The monoisotopic (exact) mass is 280 g/mol. The lowest BCUT2D eigenvalue weighted by Gasteiger charge is -2.25. The molecule has 0 radical (unpaired) electrons. The number of carbonyl (C=O) groups is 1. The molecule has 2 atom stereocenters. The number of ether oxygens (including phenoxy) is 3. The number of carbonyl (C=O) groups excluding carboxylic acids is 1. The summed E-state index contributed by atoms with van der Waals surface area (Å²) in [5, 5.41) is 0.542. The van der Waals surface area contributed by atoms with E-state index in [2.05, 4.69) is 15.9 Å². The second-order valence-electron chi connectivity index (χ2n) is 4.15. The van der Waals surface area contributed by atoms with Gasteiger partial charge in [0.1, 0.15) is 0 Å². The molecule has 88 valence electrons. The van der Waals surface area contributed by atoms with Gasteiger partial charge < -0.3 is 14.2 Å². The van der Waals surface area contributed by atoms with Gasteiger partial charge in [0.2, 0.25) is 0 Å². The van der Waals surface area contributed by atoms with Gasteiger partial charge in [0.05, 0.1) is 11.9 Å². The zero-order chi connectivity index (χ0) is 11.5. The van der Waals surface area contributed by atoms with E-state index in [4.69, 9.17) is 14.2 Å². The first kappa shape index (κ1) is 12.9. The SMILES string of the molecule is CCOC(CBr)OC1C(=O)OCC1(C)C. The summed E-state index contributed by atoms with van der Waals surface area (Å²) in [6.07, 6.45) is -0.934. The Hall–Kier alpha value is -0.130. The lowest BCUT2D eigenvalue weighted by atomic mass is 9.90. The van der Waals surface area contributed by atoms with Gasteiger partial charge in [0, 0.05) is 12.0 Å². The summed E-state index contributed by atoms with van der Waals surface area (Å²) in [4.78, 5) is 11.4. The zero-order valence-corrected chi connectivity index (χ0v) is 10.9. The molecule has 0 N–H and O–H groups in total. The van der Waals surface area contributed by atoms with E-state index in [0.29, 0.717) is 18.5 Å². The number of rotatable bonds is 5. The van der Waals surface area contributed by atoms with Crippen LogP contribution < -0.4 is 0 Å².